The molecule has 1 aromatic carbocycles. The minimum absolute atomic E-state index is 0.0143. The van der Waals surface area contributed by atoms with Gasteiger partial charge < -0.3 is 14.7 Å². The molecule has 0 radical (unpaired) electrons. The van der Waals surface area contributed by atoms with Gasteiger partial charge in [-0.15, -0.1) is 6.58 Å². The number of aliphatic hydroxyl groups is 1. The van der Waals surface area contributed by atoms with Gasteiger partial charge in [0, 0.05) is 12.6 Å². The zero-order valence-electron chi connectivity index (χ0n) is 11.6. The van der Waals surface area contributed by atoms with E-state index in [4.69, 9.17) is 4.74 Å². The lowest BCUT2D eigenvalue weighted by atomic mass is 9.97. The van der Waals surface area contributed by atoms with E-state index in [1.807, 2.05) is 30.3 Å². The van der Waals surface area contributed by atoms with Crippen molar-refractivity contribution in [2.45, 2.75) is 38.0 Å². The van der Waals surface area contributed by atoms with Crippen LogP contribution in [0.2, 0.25) is 0 Å². The molecule has 1 aliphatic heterocycles. The Hall–Kier alpha value is -1.81. The Morgan fingerprint density at radius 3 is 2.90 bits per heavy atom. The van der Waals surface area contributed by atoms with E-state index < -0.39 is 0 Å². The maximum Gasteiger partial charge on any atom is 0.410 e. The largest absolute Gasteiger partial charge is 0.445 e. The van der Waals surface area contributed by atoms with Crippen molar-refractivity contribution in [2.75, 3.05) is 6.54 Å². The van der Waals surface area contributed by atoms with E-state index in [9.17, 15) is 9.90 Å². The number of amides is 1. The Bertz CT molecular complexity index is 446. The van der Waals surface area contributed by atoms with E-state index in [1.165, 1.54) is 0 Å². The Kier molecular flexibility index (Phi) is 5.18. The molecule has 108 valence electrons. The molecule has 0 bridgehead atoms. The molecular weight excluding hydrogens is 254 g/mol. The van der Waals surface area contributed by atoms with Gasteiger partial charge in [-0.05, 0) is 24.8 Å². The van der Waals surface area contributed by atoms with Crippen LogP contribution >= 0.6 is 0 Å². The summed E-state index contributed by atoms with van der Waals surface area (Å²) in [6.07, 6.45) is 3.00. The number of rotatable bonds is 4. The smallest absolute Gasteiger partial charge is 0.410 e. The monoisotopic (exact) mass is 275 g/mol. The van der Waals surface area contributed by atoms with E-state index in [0.29, 0.717) is 25.8 Å². The maximum absolute atomic E-state index is 12.2. The van der Waals surface area contributed by atoms with Crippen LogP contribution in [0.3, 0.4) is 0 Å². The second-order valence-corrected chi connectivity index (χ2v) is 5.09. The lowest BCUT2D eigenvalue weighted by Crippen LogP contribution is -2.47. The number of likely N-dealkylation sites (tertiary alicyclic amines) is 1. The third kappa shape index (κ3) is 3.84. The van der Waals surface area contributed by atoms with Crippen molar-refractivity contribution < 1.29 is 14.6 Å². The number of piperidine rings is 1. The average molecular weight is 275 g/mol. The van der Waals surface area contributed by atoms with Gasteiger partial charge in [0.1, 0.15) is 6.61 Å². The molecule has 20 heavy (non-hydrogen) atoms. The fourth-order valence-corrected chi connectivity index (χ4v) is 2.49. The Morgan fingerprint density at radius 2 is 2.20 bits per heavy atom. The number of carbonyl (C=O) groups is 1. The summed E-state index contributed by atoms with van der Waals surface area (Å²) in [4.78, 5) is 13.9. The summed E-state index contributed by atoms with van der Waals surface area (Å²) in [7, 11) is 0. The van der Waals surface area contributed by atoms with E-state index in [2.05, 4.69) is 6.58 Å². The molecule has 2 rings (SSSR count). The molecule has 0 aromatic heterocycles. The van der Waals surface area contributed by atoms with Gasteiger partial charge in [-0.25, -0.2) is 4.79 Å². The maximum atomic E-state index is 12.2. The van der Waals surface area contributed by atoms with E-state index in [0.717, 1.165) is 5.56 Å². The predicted molar refractivity (Wildman–Crippen MR) is 77.2 cm³/mol. The number of benzene rings is 1. The minimum Gasteiger partial charge on any atom is -0.445 e. The van der Waals surface area contributed by atoms with E-state index in [1.54, 1.807) is 11.0 Å². The van der Waals surface area contributed by atoms with Gasteiger partial charge in [-0.3, -0.25) is 0 Å². The van der Waals surface area contributed by atoms with Crippen LogP contribution in [-0.4, -0.2) is 34.8 Å². The lowest BCUT2D eigenvalue weighted by Gasteiger charge is -2.36. The molecule has 0 saturated carbocycles. The second-order valence-electron chi connectivity index (χ2n) is 5.09. The van der Waals surface area contributed by atoms with Gasteiger partial charge >= 0.3 is 6.09 Å². The molecule has 0 spiro atoms. The molecule has 1 aromatic rings. The molecule has 1 amide bonds. The molecule has 1 N–H and O–H groups in total. The molecule has 2 unspecified atom stereocenters. The van der Waals surface area contributed by atoms with Crippen LogP contribution in [0.15, 0.2) is 43.0 Å². The van der Waals surface area contributed by atoms with Gasteiger partial charge in [-0.2, -0.15) is 0 Å². The normalized spacial score (nSPS) is 22.4. The number of hydrogen-bond acceptors (Lipinski definition) is 3. The molecule has 1 saturated heterocycles. The fourth-order valence-electron chi connectivity index (χ4n) is 2.49. The average Bonchev–Trinajstić information content (AvgIpc) is 2.46. The Morgan fingerprint density at radius 1 is 1.45 bits per heavy atom. The number of aliphatic hydroxyl groups excluding tert-OH is 1. The zero-order valence-corrected chi connectivity index (χ0v) is 11.6. The van der Waals surface area contributed by atoms with Crippen molar-refractivity contribution in [3.05, 3.63) is 48.6 Å². The van der Waals surface area contributed by atoms with E-state index in [-0.39, 0.29) is 24.8 Å². The zero-order chi connectivity index (χ0) is 14.4. The van der Waals surface area contributed by atoms with Crippen molar-refractivity contribution >= 4 is 6.09 Å². The third-order valence-corrected chi connectivity index (χ3v) is 3.57. The van der Waals surface area contributed by atoms with Crippen molar-refractivity contribution in [1.82, 2.24) is 4.90 Å². The first-order chi connectivity index (χ1) is 9.70. The molecule has 4 nitrogen and oxygen atoms in total. The standard InChI is InChI=1S/C16H21NO3/c1-2-6-14-11-15(18)9-10-17(14)16(19)20-12-13-7-4-3-5-8-13/h2-5,7-8,14-15,18H,1,6,9-12H2. The van der Waals surface area contributed by atoms with Gasteiger partial charge in [0.05, 0.1) is 6.10 Å². The van der Waals surface area contributed by atoms with Gasteiger partial charge in [0.15, 0.2) is 0 Å². The van der Waals surface area contributed by atoms with Gasteiger partial charge in [0.25, 0.3) is 0 Å². The van der Waals surface area contributed by atoms with Crippen LogP contribution in [-0.2, 0) is 11.3 Å². The summed E-state index contributed by atoms with van der Waals surface area (Å²) in [6, 6.07) is 9.60. The lowest BCUT2D eigenvalue weighted by molar-refractivity contribution is 0.0274. The first-order valence-corrected chi connectivity index (χ1v) is 6.97. The van der Waals surface area contributed by atoms with Crippen molar-refractivity contribution in [3.8, 4) is 0 Å². The van der Waals surface area contributed by atoms with Gasteiger partial charge in [-0.1, -0.05) is 36.4 Å². The summed E-state index contributed by atoms with van der Waals surface area (Å²) in [6.45, 7) is 4.52. The Labute approximate surface area is 119 Å². The molecule has 2 atom stereocenters. The highest BCUT2D eigenvalue weighted by atomic mass is 16.6. The molecule has 1 heterocycles. The summed E-state index contributed by atoms with van der Waals surface area (Å²) in [5.41, 5.74) is 0.971. The highest BCUT2D eigenvalue weighted by molar-refractivity contribution is 5.68. The second kappa shape index (κ2) is 7.10. The summed E-state index contributed by atoms with van der Waals surface area (Å²) >= 11 is 0. The van der Waals surface area contributed by atoms with Crippen LogP contribution in [0.5, 0.6) is 0 Å². The molecule has 1 aliphatic rings. The van der Waals surface area contributed by atoms with Crippen molar-refractivity contribution in [1.29, 1.82) is 0 Å². The number of ether oxygens (including phenoxy) is 1. The SMILES string of the molecule is C=CCC1CC(O)CCN1C(=O)OCc1ccccc1. The number of hydrogen-bond donors (Lipinski definition) is 1. The quantitative estimate of drug-likeness (QED) is 0.860. The van der Waals surface area contributed by atoms with Crippen LogP contribution < -0.4 is 0 Å². The van der Waals surface area contributed by atoms with E-state index >= 15 is 0 Å². The van der Waals surface area contributed by atoms with Crippen LogP contribution in [0.25, 0.3) is 0 Å². The Balaban J connectivity index is 1.91. The first kappa shape index (κ1) is 14.6. The number of carbonyl (C=O) groups excluding carboxylic acids is 1. The topological polar surface area (TPSA) is 49.8 Å². The highest BCUT2D eigenvalue weighted by Crippen LogP contribution is 2.21. The molecule has 0 aliphatic carbocycles. The summed E-state index contributed by atoms with van der Waals surface area (Å²) < 4.78 is 5.35. The first-order valence-electron chi connectivity index (χ1n) is 6.97. The fraction of sp³-hybridized carbons (Fsp3) is 0.438. The molecule has 4 heteroatoms. The van der Waals surface area contributed by atoms with Crippen molar-refractivity contribution in [2.24, 2.45) is 0 Å². The van der Waals surface area contributed by atoms with Crippen LogP contribution in [0, 0.1) is 0 Å². The third-order valence-electron chi connectivity index (χ3n) is 3.57. The van der Waals surface area contributed by atoms with Gasteiger partial charge in [0.2, 0.25) is 0 Å². The molecule has 1 fully saturated rings. The summed E-state index contributed by atoms with van der Waals surface area (Å²) in [5.74, 6) is 0. The highest BCUT2D eigenvalue weighted by Gasteiger charge is 2.30. The van der Waals surface area contributed by atoms with Crippen LogP contribution in [0.1, 0.15) is 24.8 Å². The number of nitrogens with zero attached hydrogens (tertiary/aromatic N) is 1. The van der Waals surface area contributed by atoms with Crippen molar-refractivity contribution in [3.63, 3.8) is 0 Å². The molecular formula is C16H21NO3. The minimum atomic E-state index is -0.335. The summed E-state index contributed by atoms with van der Waals surface area (Å²) in [5, 5.41) is 9.70. The van der Waals surface area contributed by atoms with Crippen LogP contribution in [0.4, 0.5) is 4.79 Å². The predicted octanol–water partition coefficient (Wildman–Crippen LogP) is 2.72.